The first-order valence-electron chi connectivity index (χ1n) is 3.30. The van der Waals surface area contributed by atoms with Gasteiger partial charge in [-0.15, -0.1) is 0 Å². The minimum atomic E-state index is -3.33. The third kappa shape index (κ3) is 1.93. The van der Waals surface area contributed by atoms with Crippen LogP contribution in [0.3, 0.4) is 0 Å². The van der Waals surface area contributed by atoms with E-state index in [1.54, 1.807) is 0 Å². The molecule has 0 aliphatic carbocycles. The summed E-state index contributed by atoms with van der Waals surface area (Å²) >= 11 is 0. The molecule has 68 valence electrons. The molecule has 0 spiro atoms. The van der Waals surface area contributed by atoms with Crippen LogP contribution in [0.1, 0.15) is 5.56 Å². The Hall–Kier alpha value is -1.65. The van der Waals surface area contributed by atoms with Crippen LogP contribution in [0.15, 0.2) is 29.4 Å². The van der Waals surface area contributed by atoms with Gasteiger partial charge < -0.3 is 5.11 Å². The summed E-state index contributed by atoms with van der Waals surface area (Å²) in [5.74, 6) is -4.31. The van der Waals surface area contributed by atoms with E-state index in [4.69, 9.17) is 10.6 Å². The molecule has 0 aliphatic heterocycles. The topological polar surface area (TPSA) is 69.0 Å². The molecule has 0 saturated heterocycles. The van der Waals surface area contributed by atoms with Crippen molar-refractivity contribution >= 4 is 0 Å². The molecule has 0 bridgehead atoms. The number of alkyl halides is 1. The van der Waals surface area contributed by atoms with Gasteiger partial charge in [0, 0.05) is 4.91 Å². The first kappa shape index (κ1) is 9.44. The Labute approximate surface area is 72.1 Å². The summed E-state index contributed by atoms with van der Waals surface area (Å²) in [6, 6.07) is 4.58. The van der Waals surface area contributed by atoms with E-state index in [-0.39, 0.29) is 0 Å². The molecule has 4 nitrogen and oxygen atoms in total. The quantitative estimate of drug-likeness (QED) is 0.326. The van der Waals surface area contributed by atoms with Crippen LogP contribution in [0.2, 0.25) is 0 Å². The summed E-state index contributed by atoms with van der Waals surface area (Å²) in [6.07, 6.45) is 0. The average molecular weight is 185 g/mol. The van der Waals surface area contributed by atoms with Crippen molar-refractivity contribution in [2.45, 2.75) is 5.98 Å². The van der Waals surface area contributed by atoms with Gasteiger partial charge in [-0.25, -0.2) is 8.78 Å². The summed E-state index contributed by atoms with van der Waals surface area (Å²) in [6.45, 7) is 0. The Balaban J connectivity index is 3.21. The molecule has 1 unspecified atom stereocenters. The van der Waals surface area contributed by atoms with Crippen molar-refractivity contribution in [3.8, 4) is 0 Å². The van der Waals surface area contributed by atoms with E-state index in [9.17, 15) is 8.78 Å². The Morgan fingerprint density at radius 1 is 1.46 bits per heavy atom. The highest BCUT2D eigenvalue weighted by Crippen LogP contribution is 2.26. The third-order valence-electron chi connectivity index (χ3n) is 1.39. The molecule has 0 heterocycles. The Kier molecular flexibility index (Phi) is 2.46. The molecule has 13 heavy (non-hydrogen) atoms. The highest BCUT2D eigenvalue weighted by molar-refractivity contribution is 5.21. The highest BCUT2D eigenvalue weighted by Gasteiger charge is 2.29. The number of azide groups is 1. The number of benzene rings is 1. The van der Waals surface area contributed by atoms with Crippen LogP contribution in [0.25, 0.3) is 10.4 Å². The number of hydrogen-bond acceptors (Lipinski definition) is 2. The first-order valence-corrected chi connectivity index (χ1v) is 3.30. The van der Waals surface area contributed by atoms with Crippen LogP contribution >= 0.6 is 0 Å². The fourth-order valence-corrected chi connectivity index (χ4v) is 0.832. The molecule has 0 radical (unpaired) electrons. The summed E-state index contributed by atoms with van der Waals surface area (Å²) < 4.78 is 25.8. The van der Waals surface area contributed by atoms with E-state index < -0.39 is 17.4 Å². The maximum Gasteiger partial charge on any atom is 0.315 e. The maximum atomic E-state index is 13.0. The zero-order chi connectivity index (χ0) is 9.90. The minimum absolute atomic E-state index is 0.701. The molecular formula is C7H5F2N3O. The van der Waals surface area contributed by atoms with E-state index >= 15 is 0 Å². The van der Waals surface area contributed by atoms with Gasteiger partial charge in [0.2, 0.25) is 0 Å². The summed E-state index contributed by atoms with van der Waals surface area (Å²) in [5.41, 5.74) is 7.19. The molecule has 0 amide bonds. The van der Waals surface area contributed by atoms with Crippen LogP contribution in [0.4, 0.5) is 8.78 Å². The molecule has 6 heteroatoms. The second-order valence-electron chi connectivity index (χ2n) is 2.26. The lowest BCUT2D eigenvalue weighted by molar-refractivity contribution is -0.0910. The lowest BCUT2D eigenvalue weighted by Gasteiger charge is -2.12. The zero-order valence-electron chi connectivity index (χ0n) is 6.35. The number of nitrogens with zero attached hydrogens (tertiary/aromatic N) is 3. The van der Waals surface area contributed by atoms with Crippen molar-refractivity contribution in [1.29, 1.82) is 0 Å². The van der Waals surface area contributed by atoms with E-state index in [2.05, 4.69) is 10.0 Å². The van der Waals surface area contributed by atoms with E-state index in [1.807, 2.05) is 0 Å². The lowest BCUT2D eigenvalue weighted by atomic mass is 10.2. The first-order chi connectivity index (χ1) is 6.08. The van der Waals surface area contributed by atoms with Gasteiger partial charge in [0.25, 0.3) is 0 Å². The van der Waals surface area contributed by atoms with Crippen molar-refractivity contribution in [2.24, 2.45) is 5.11 Å². The number of halogens is 2. The summed E-state index contributed by atoms with van der Waals surface area (Å²) in [5, 5.41) is 11.3. The molecule has 1 atom stereocenters. The lowest BCUT2D eigenvalue weighted by Crippen LogP contribution is -2.16. The monoisotopic (exact) mass is 185 g/mol. The van der Waals surface area contributed by atoms with Gasteiger partial charge in [-0.1, -0.05) is 18.2 Å². The fourth-order valence-electron chi connectivity index (χ4n) is 0.832. The molecule has 0 aromatic heterocycles. The smallest absolute Gasteiger partial charge is 0.315 e. The zero-order valence-corrected chi connectivity index (χ0v) is 6.35. The van der Waals surface area contributed by atoms with Crippen molar-refractivity contribution in [1.82, 2.24) is 0 Å². The van der Waals surface area contributed by atoms with Crippen molar-refractivity contribution < 1.29 is 13.9 Å². The maximum absolute atomic E-state index is 13.0. The van der Waals surface area contributed by atoms with Gasteiger partial charge in [-0.05, 0) is 16.7 Å². The van der Waals surface area contributed by atoms with E-state index in [0.29, 0.717) is 0 Å². The molecule has 1 rings (SSSR count). The Morgan fingerprint density at radius 3 is 2.62 bits per heavy atom. The molecule has 0 aliphatic rings. The molecule has 1 N–H and O–H groups in total. The van der Waals surface area contributed by atoms with Gasteiger partial charge in [0.1, 0.15) is 5.82 Å². The normalized spacial score (nSPS) is 14.4. The fraction of sp³-hybridized carbons (Fsp3) is 0.143. The van der Waals surface area contributed by atoms with Crippen LogP contribution < -0.4 is 0 Å². The number of hydrogen-bond donors (Lipinski definition) is 1. The average Bonchev–Trinajstić information content (AvgIpc) is 2.04. The van der Waals surface area contributed by atoms with Crippen LogP contribution in [-0.2, 0) is 5.98 Å². The molecule has 0 saturated carbocycles. The van der Waals surface area contributed by atoms with Gasteiger partial charge in [0.05, 0.1) is 5.56 Å². The van der Waals surface area contributed by atoms with E-state index in [1.165, 1.54) is 12.1 Å². The second kappa shape index (κ2) is 3.38. The van der Waals surface area contributed by atoms with Crippen molar-refractivity contribution in [3.63, 3.8) is 0 Å². The predicted molar refractivity (Wildman–Crippen MR) is 40.6 cm³/mol. The molecule has 1 aromatic rings. The largest absolute Gasteiger partial charge is 0.354 e. The van der Waals surface area contributed by atoms with Crippen LogP contribution in [-0.4, -0.2) is 5.11 Å². The standard InChI is InChI=1S/C7H5F2N3O/c8-6-4-2-1-3-5(6)7(9,13)11-12-10/h1-4,13H. The van der Waals surface area contributed by atoms with E-state index in [0.717, 1.165) is 12.1 Å². The third-order valence-corrected chi connectivity index (χ3v) is 1.39. The summed E-state index contributed by atoms with van der Waals surface area (Å²) in [4.78, 5) is 2.06. The van der Waals surface area contributed by atoms with Crippen LogP contribution in [0, 0.1) is 5.82 Å². The SMILES string of the molecule is [N-]=[N+]=NC(O)(F)c1ccccc1F. The number of rotatable bonds is 2. The highest BCUT2D eigenvalue weighted by atomic mass is 19.2. The van der Waals surface area contributed by atoms with Gasteiger partial charge in [-0.2, -0.15) is 0 Å². The van der Waals surface area contributed by atoms with Gasteiger partial charge in [0.15, 0.2) is 0 Å². The Bertz CT molecular complexity index is 361. The summed E-state index contributed by atoms with van der Waals surface area (Å²) in [7, 11) is 0. The van der Waals surface area contributed by atoms with Gasteiger partial charge in [-0.3, -0.25) is 0 Å². The van der Waals surface area contributed by atoms with Crippen molar-refractivity contribution in [2.75, 3.05) is 0 Å². The molecule has 1 aromatic carbocycles. The second-order valence-corrected chi connectivity index (χ2v) is 2.26. The molecule has 0 fully saturated rings. The van der Waals surface area contributed by atoms with Crippen LogP contribution in [0.5, 0.6) is 0 Å². The van der Waals surface area contributed by atoms with Crippen molar-refractivity contribution in [3.05, 3.63) is 46.1 Å². The van der Waals surface area contributed by atoms with Gasteiger partial charge >= 0.3 is 5.98 Å². The Morgan fingerprint density at radius 2 is 2.08 bits per heavy atom. The minimum Gasteiger partial charge on any atom is -0.354 e. The number of aliphatic hydroxyl groups is 1. The predicted octanol–water partition coefficient (Wildman–Crippen LogP) is 2.21. The molecular weight excluding hydrogens is 180 g/mol.